The van der Waals surface area contributed by atoms with Crippen LogP contribution >= 0.6 is 0 Å². The molecule has 1 rings (SSSR count). The van der Waals surface area contributed by atoms with E-state index in [0.717, 1.165) is 6.07 Å². The van der Waals surface area contributed by atoms with E-state index < -0.39 is 23.4 Å². The first-order chi connectivity index (χ1) is 11.3. The molecule has 10 nitrogen and oxygen atoms in total. The maximum atomic E-state index is 12.0. The van der Waals surface area contributed by atoms with Gasteiger partial charge in [0.1, 0.15) is 0 Å². The summed E-state index contributed by atoms with van der Waals surface area (Å²) in [6.45, 7) is -0.826. The fourth-order valence-corrected chi connectivity index (χ4v) is 1.62. The highest BCUT2D eigenvalue weighted by molar-refractivity contribution is 5.97. The second kappa shape index (κ2) is 8.46. The Labute approximate surface area is 137 Å². The van der Waals surface area contributed by atoms with Gasteiger partial charge in [-0.1, -0.05) is 0 Å². The molecular formula is C14H18N4O6. The minimum Gasteiger partial charge on any atom is -0.452 e. The van der Waals surface area contributed by atoms with Crippen LogP contribution in [0.5, 0.6) is 0 Å². The molecule has 0 saturated carbocycles. The predicted octanol–water partition coefficient (Wildman–Crippen LogP) is -0.00230. The predicted molar refractivity (Wildman–Crippen MR) is 84.6 cm³/mol. The van der Waals surface area contributed by atoms with E-state index in [4.69, 9.17) is 4.74 Å². The molecule has 0 heterocycles. The van der Waals surface area contributed by atoms with Crippen molar-refractivity contribution in [2.45, 2.75) is 0 Å². The van der Waals surface area contributed by atoms with Gasteiger partial charge in [-0.25, -0.2) is 4.79 Å². The second-order valence-corrected chi connectivity index (χ2v) is 4.88. The number of likely N-dealkylation sites (N-methyl/N-ethyl adjacent to an activating group) is 1. The number of ether oxygens (including phenoxy) is 1. The Bertz CT molecular complexity index is 659. The Hall–Kier alpha value is -3.17. The summed E-state index contributed by atoms with van der Waals surface area (Å²) >= 11 is 0. The summed E-state index contributed by atoms with van der Waals surface area (Å²) in [7, 11) is 4.61. The molecule has 0 atom stereocenters. The van der Waals surface area contributed by atoms with Crippen LogP contribution in [0.25, 0.3) is 0 Å². The van der Waals surface area contributed by atoms with Crippen LogP contribution in [0.4, 0.5) is 11.4 Å². The lowest BCUT2D eigenvalue weighted by Crippen LogP contribution is -2.38. The summed E-state index contributed by atoms with van der Waals surface area (Å²) in [6.07, 6.45) is 0. The van der Waals surface area contributed by atoms with Gasteiger partial charge in [-0.2, -0.15) is 0 Å². The van der Waals surface area contributed by atoms with Crippen LogP contribution < -0.4 is 10.6 Å². The van der Waals surface area contributed by atoms with Crippen LogP contribution in [0.1, 0.15) is 10.4 Å². The minimum atomic E-state index is -0.892. The van der Waals surface area contributed by atoms with Gasteiger partial charge in [0, 0.05) is 39.0 Å². The quantitative estimate of drug-likeness (QED) is 0.406. The molecule has 0 unspecified atom stereocenters. The highest BCUT2D eigenvalue weighted by atomic mass is 16.6. The number of hydrogen-bond donors (Lipinski definition) is 2. The lowest BCUT2D eigenvalue weighted by Gasteiger charge is -2.11. The largest absolute Gasteiger partial charge is 0.452 e. The van der Waals surface area contributed by atoms with Crippen molar-refractivity contribution in [1.29, 1.82) is 0 Å². The van der Waals surface area contributed by atoms with Gasteiger partial charge in [-0.15, -0.1) is 0 Å². The molecule has 2 amide bonds. The molecule has 130 valence electrons. The summed E-state index contributed by atoms with van der Waals surface area (Å²) < 4.78 is 4.82. The average molecular weight is 338 g/mol. The number of esters is 1. The van der Waals surface area contributed by atoms with Gasteiger partial charge in [-0.3, -0.25) is 19.7 Å². The third kappa shape index (κ3) is 5.23. The Balaban J connectivity index is 2.68. The molecule has 1 aromatic rings. The molecule has 24 heavy (non-hydrogen) atoms. The number of nitrogens with one attached hydrogen (secondary N) is 2. The van der Waals surface area contributed by atoms with E-state index in [2.05, 4.69) is 10.6 Å². The Morgan fingerprint density at radius 2 is 1.96 bits per heavy atom. The molecular weight excluding hydrogens is 320 g/mol. The molecule has 0 aliphatic rings. The molecule has 0 aliphatic heterocycles. The standard InChI is InChI=1S/C14H18N4O6/c1-15-11-5-4-9(18(22)23)6-10(11)14(21)24-8-12(19)16-7-13(20)17(2)3/h4-6,15H,7-8H2,1-3H3,(H,16,19). The molecule has 0 saturated heterocycles. The van der Waals surface area contributed by atoms with Crippen LogP contribution in [-0.2, 0) is 14.3 Å². The van der Waals surface area contributed by atoms with E-state index in [-0.39, 0.29) is 23.7 Å². The number of nitrogens with zero attached hydrogens (tertiary/aromatic N) is 2. The van der Waals surface area contributed by atoms with Crippen molar-refractivity contribution >= 4 is 29.2 Å². The lowest BCUT2D eigenvalue weighted by molar-refractivity contribution is -0.384. The molecule has 0 aliphatic carbocycles. The van der Waals surface area contributed by atoms with Gasteiger partial charge in [0.25, 0.3) is 11.6 Å². The zero-order valence-corrected chi connectivity index (χ0v) is 13.5. The van der Waals surface area contributed by atoms with E-state index >= 15 is 0 Å². The minimum absolute atomic E-state index is 0.0659. The van der Waals surface area contributed by atoms with Crippen molar-refractivity contribution < 1.29 is 24.0 Å². The Morgan fingerprint density at radius 1 is 1.29 bits per heavy atom. The van der Waals surface area contributed by atoms with Crippen LogP contribution in [0, 0.1) is 10.1 Å². The monoisotopic (exact) mass is 338 g/mol. The summed E-state index contributed by atoms with van der Waals surface area (Å²) in [5.41, 5.74) is -0.0142. The van der Waals surface area contributed by atoms with Crippen molar-refractivity contribution in [2.24, 2.45) is 0 Å². The van der Waals surface area contributed by atoms with Gasteiger partial charge in [-0.05, 0) is 6.07 Å². The maximum Gasteiger partial charge on any atom is 0.341 e. The highest BCUT2D eigenvalue weighted by Gasteiger charge is 2.18. The second-order valence-electron chi connectivity index (χ2n) is 4.88. The molecule has 0 fully saturated rings. The van der Waals surface area contributed by atoms with Crippen molar-refractivity contribution in [3.63, 3.8) is 0 Å². The van der Waals surface area contributed by atoms with Crippen molar-refractivity contribution in [2.75, 3.05) is 39.6 Å². The van der Waals surface area contributed by atoms with Crippen molar-refractivity contribution in [3.05, 3.63) is 33.9 Å². The van der Waals surface area contributed by atoms with Gasteiger partial charge >= 0.3 is 5.97 Å². The molecule has 0 aromatic heterocycles. The van der Waals surface area contributed by atoms with Crippen LogP contribution in [0.15, 0.2) is 18.2 Å². The molecule has 0 radical (unpaired) electrons. The first-order valence-electron chi connectivity index (χ1n) is 6.86. The number of nitro groups is 1. The zero-order valence-electron chi connectivity index (χ0n) is 13.5. The molecule has 0 spiro atoms. The molecule has 1 aromatic carbocycles. The van der Waals surface area contributed by atoms with Crippen LogP contribution in [-0.4, -0.2) is 61.9 Å². The van der Waals surface area contributed by atoms with Crippen LogP contribution in [0.3, 0.4) is 0 Å². The highest BCUT2D eigenvalue weighted by Crippen LogP contribution is 2.22. The molecule has 0 bridgehead atoms. The molecule has 2 N–H and O–H groups in total. The van der Waals surface area contributed by atoms with E-state index in [1.54, 1.807) is 0 Å². The van der Waals surface area contributed by atoms with Gasteiger partial charge in [0.05, 0.1) is 17.0 Å². The summed E-state index contributed by atoms with van der Waals surface area (Å²) in [5.74, 6) is -1.86. The number of carbonyl (C=O) groups excluding carboxylic acids is 3. The van der Waals surface area contributed by atoms with Gasteiger partial charge < -0.3 is 20.3 Å². The third-order valence-corrected chi connectivity index (χ3v) is 2.97. The van der Waals surface area contributed by atoms with Gasteiger partial charge in [0.2, 0.25) is 5.91 Å². The van der Waals surface area contributed by atoms with Crippen molar-refractivity contribution in [3.8, 4) is 0 Å². The van der Waals surface area contributed by atoms with Crippen molar-refractivity contribution in [1.82, 2.24) is 10.2 Å². The summed E-state index contributed by atoms with van der Waals surface area (Å²) in [5, 5.41) is 15.8. The lowest BCUT2D eigenvalue weighted by atomic mass is 10.1. The number of benzene rings is 1. The molecule has 10 heteroatoms. The third-order valence-electron chi connectivity index (χ3n) is 2.97. The SMILES string of the molecule is CNc1ccc([N+](=O)[O-])cc1C(=O)OCC(=O)NCC(=O)N(C)C. The van der Waals surface area contributed by atoms with E-state index in [0.29, 0.717) is 5.69 Å². The fraction of sp³-hybridized carbons (Fsp3) is 0.357. The first kappa shape index (κ1) is 18.9. The Morgan fingerprint density at radius 3 is 2.50 bits per heavy atom. The van der Waals surface area contributed by atoms with E-state index in [9.17, 15) is 24.5 Å². The smallest absolute Gasteiger partial charge is 0.341 e. The topological polar surface area (TPSA) is 131 Å². The Kier molecular flexibility index (Phi) is 6.65. The maximum absolute atomic E-state index is 12.0. The fourth-order valence-electron chi connectivity index (χ4n) is 1.62. The number of non-ortho nitro benzene ring substituents is 1. The number of rotatable bonds is 7. The normalized spacial score (nSPS) is 9.79. The number of anilines is 1. The number of carbonyl (C=O) groups is 3. The zero-order chi connectivity index (χ0) is 18.3. The summed E-state index contributed by atoms with van der Waals surface area (Å²) in [4.78, 5) is 46.3. The number of nitro benzene ring substituents is 1. The van der Waals surface area contributed by atoms with Crippen LogP contribution in [0.2, 0.25) is 0 Å². The summed E-state index contributed by atoms with van der Waals surface area (Å²) in [6, 6.07) is 3.66. The van der Waals surface area contributed by atoms with Gasteiger partial charge in [0.15, 0.2) is 6.61 Å². The number of hydrogen-bond acceptors (Lipinski definition) is 7. The van der Waals surface area contributed by atoms with E-state index in [1.165, 1.54) is 38.2 Å². The number of amides is 2. The van der Waals surface area contributed by atoms with E-state index in [1.807, 2.05) is 0 Å². The first-order valence-corrected chi connectivity index (χ1v) is 6.86. The average Bonchev–Trinajstić information content (AvgIpc) is 2.56.